The van der Waals surface area contributed by atoms with Gasteiger partial charge in [0.05, 0.1) is 6.26 Å². The highest BCUT2D eigenvalue weighted by atomic mass is 16.6. The molecule has 0 saturated heterocycles. The van der Waals surface area contributed by atoms with Gasteiger partial charge < -0.3 is 19.4 Å². The van der Waals surface area contributed by atoms with Gasteiger partial charge in [-0.3, -0.25) is 4.79 Å². The SMILES string of the molecule is O=C1C=CC(O)O[C@H]1CC[C@@H](O)c1ccco1. The van der Waals surface area contributed by atoms with Crippen LogP contribution in [0.15, 0.2) is 35.0 Å². The lowest BCUT2D eigenvalue weighted by molar-refractivity contribution is -0.149. The zero-order valence-corrected chi connectivity index (χ0v) is 9.15. The molecule has 0 aromatic carbocycles. The third-order valence-corrected chi connectivity index (χ3v) is 2.62. The van der Waals surface area contributed by atoms with Gasteiger partial charge in [0, 0.05) is 0 Å². The first-order valence-electron chi connectivity index (χ1n) is 5.44. The molecule has 0 radical (unpaired) electrons. The topological polar surface area (TPSA) is 79.9 Å². The van der Waals surface area contributed by atoms with Crippen molar-refractivity contribution in [3.05, 3.63) is 36.3 Å². The second-order valence-corrected chi connectivity index (χ2v) is 3.89. The zero-order valence-electron chi connectivity index (χ0n) is 9.15. The van der Waals surface area contributed by atoms with E-state index in [1.807, 2.05) is 0 Å². The number of carbonyl (C=O) groups excluding carboxylic acids is 1. The van der Waals surface area contributed by atoms with Crippen LogP contribution in [0.25, 0.3) is 0 Å². The molecule has 1 aromatic heterocycles. The van der Waals surface area contributed by atoms with Crippen molar-refractivity contribution in [2.75, 3.05) is 0 Å². The lowest BCUT2D eigenvalue weighted by Gasteiger charge is -2.22. The van der Waals surface area contributed by atoms with Crippen LogP contribution in [-0.4, -0.2) is 28.4 Å². The summed E-state index contributed by atoms with van der Waals surface area (Å²) in [4.78, 5) is 11.4. The smallest absolute Gasteiger partial charge is 0.184 e. The number of hydrogen-bond acceptors (Lipinski definition) is 5. The second-order valence-electron chi connectivity index (χ2n) is 3.89. The first-order chi connectivity index (χ1) is 8.16. The van der Waals surface area contributed by atoms with Gasteiger partial charge in [-0.15, -0.1) is 0 Å². The predicted octanol–water partition coefficient (Wildman–Crippen LogP) is 0.936. The standard InChI is InChI=1S/C12H14O5/c13-8(10-2-1-7-16-10)3-5-11-9(14)4-6-12(15)17-11/h1-2,4,6-8,11-13,15H,3,5H2/t8-,11+,12?/m1/s1. The highest BCUT2D eigenvalue weighted by Gasteiger charge is 2.25. The molecule has 0 spiro atoms. The number of carbonyl (C=O) groups is 1. The summed E-state index contributed by atoms with van der Waals surface area (Å²) >= 11 is 0. The Morgan fingerprint density at radius 1 is 1.47 bits per heavy atom. The molecule has 17 heavy (non-hydrogen) atoms. The van der Waals surface area contributed by atoms with Crippen molar-refractivity contribution in [2.24, 2.45) is 0 Å². The van der Waals surface area contributed by atoms with Crippen molar-refractivity contribution in [3.63, 3.8) is 0 Å². The van der Waals surface area contributed by atoms with Crippen LogP contribution < -0.4 is 0 Å². The molecule has 2 heterocycles. The summed E-state index contributed by atoms with van der Waals surface area (Å²) < 4.78 is 10.1. The van der Waals surface area contributed by atoms with Gasteiger partial charge in [0.2, 0.25) is 0 Å². The van der Waals surface area contributed by atoms with Gasteiger partial charge in [-0.05, 0) is 37.1 Å². The summed E-state index contributed by atoms with van der Waals surface area (Å²) in [6, 6.07) is 3.36. The van der Waals surface area contributed by atoms with Crippen LogP contribution in [0.4, 0.5) is 0 Å². The Labute approximate surface area is 98.3 Å². The molecule has 3 atom stereocenters. The number of hydrogen-bond donors (Lipinski definition) is 2. The summed E-state index contributed by atoms with van der Waals surface area (Å²) in [6.07, 6.45) is 2.25. The second kappa shape index (κ2) is 5.27. The average molecular weight is 238 g/mol. The monoisotopic (exact) mass is 238 g/mol. The van der Waals surface area contributed by atoms with Crippen molar-refractivity contribution in [3.8, 4) is 0 Å². The van der Waals surface area contributed by atoms with Crippen LogP contribution in [0.2, 0.25) is 0 Å². The van der Waals surface area contributed by atoms with E-state index < -0.39 is 18.5 Å². The van der Waals surface area contributed by atoms with E-state index in [9.17, 15) is 15.0 Å². The van der Waals surface area contributed by atoms with Crippen molar-refractivity contribution in [1.29, 1.82) is 0 Å². The summed E-state index contributed by atoms with van der Waals surface area (Å²) in [7, 11) is 0. The Balaban J connectivity index is 1.86. The molecule has 1 unspecified atom stereocenters. The van der Waals surface area contributed by atoms with E-state index in [-0.39, 0.29) is 5.78 Å². The van der Waals surface area contributed by atoms with Crippen molar-refractivity contribution in [2.45, 2.75) is 31.3 Å². The first-order valence-corrected chi connectivity index (χ1v) is 5.44. The van der Waals surface area contributed by atoms with Crippen LogP contribution in [0, 0.1) is 0 Å². The quantitative estimate of drug-likeness (QED) is 0.815. The van der Waals surface area contributed by atoms with E-state index in [4.69, 9.17) is 9.15 Å². The minimum Gasteiger partial charge on any atom is -0.467 e. The molecular formula is C12H14O5. The molecule has 2 N–H and O–H groups in total. The first kappa shape index (κ1) is 12.0. The van der Waals surface area contributed by atoms with Gasteiger partial charge in [0.1, 0.15) is 18.0 Å². The summed E-state index contributed by atoms with van der Waals surface area (Å²) in [6.45, 7) is 0. The Morgan fingerprint density at radius 2 is 2.29 bits per heavy atom. The molecule has 0 amide bonds. The van der Waals surface area contributed by atoms with Gasteiger partial charge >= 0.3 is 0 Å². The molecule has 1 aliphatic rings. The molecule has 1 aliphatic heterocycles. The van der Waals surface area contributed by atoms with Gasteiger partial charge in [-0.25, -0.2) is 0 Å². The Morgan fingerprint density at radius 3 is 3.00 bits per heavy atom. The van der Waals surface area contributed by atoms with Crippen molar-refractivity contribution < 1.29 is 24.2 Å². The number of aliphatic hydroxyl groups is 2. The average Bonchev–Trinajstić information content (AvgIpc) is 2.83. The maximum Gasteiger partial charge on any atom is 0.184 e. The van der Waals surface area contributed by atoms with Gasteiger partial charge in [0.15, 0.2) is 12.1 Å². The summed E-state index contributed by atoms with van der Waals surface area (Å²) in [5.41, 5.74) is 0. The Kier molecular flexibility index (Phi) is 3.73. The van der Waals surface area contributed by atoms with Crippen LogP contribution in [-0.2, 0) is 9.53 Å². The number of ether oxygens (including phenoxy) is 1. The molecule has 92 valence electrons. The van der Waals surface area contributed by atoms with Crippen LogP contribution in [0.3, 0.4) is 0 Å². The van der Waals surface area contributed by atoms with E-state index in [0.29, 0.717) is 18.6 Å². The molecular weight excluding hydrogens is 224 g/mol. The number of ketones is 1. The molecule has 0 bridgehead atoms. The Hall–Kier alpha value is -1.43. The molecule has 1 aromatic rings. The minimum atomic E-state index is -1.04. The predicted molar refractivity (Wildman–Crippen MR) is 57.9 cm³/mol. The molecule has 2 rings (SSSR count). The lowest BCUT2D eigenvalue weighted by atomic mass is 10.0. The van der Waals surface area contributed by atoms with Crippen LogP contribution in [0.5, 0.6) is 0 Å². The molecule has 0 fully saturated rings. The highest BCUT2D eigenvalue weighted by Crippen LogP contribution is 2.22. The molecule has 0 aliphatic carbocycles. The van der Waals surface area contributed by atoms with Crippen molar-refractivity contribution in [1.82, 2.24) is 0 Å². The maximum absolute atomic E-state index is 11.4. The third-order valence-electron chi connectivity index (χ3n) is 2.62. The highest BCUT2D eigenvalue weighted by molar-refractivity contribution is 5.94. The summed E-state index contributed by atoms with van der Waals surface area (Å²) in [5.74, 6) is 0.270. The van der Waals surface area contributed by atoms with Gasteiger partial charge in [0.25, 0.3) is 0 Å². The normalized spacial score (nSPS) is 26.1. The lowest BCUT2D eigenvalue weighted by Crippen LogP contribution is -2.31. The fourth-order valence-electron chi connectivity index (χ4n) is 1.71. The fourth-order valence-corrected chi connectivity index (χ4v) is 1.71. The van der Waals surface area contributed by atoms with E-state index in [1.165, 1.54) is 18.4 Å². The molecule has 5 heteroatoms. The number of rotatable bonds is 4. The zero-order chi connectivity index (χ0) is 12.3. The van der Waals surface area contributed by atoms with Crippen molar-refractivity contribution >= 4 is 5.78 Å². The van der Waals surface area contributed by atoms with Crippen LogP contribution in [0.1, 0.15) is 24.7 Å². The van der Waals surface area contributed by atoms with Gasteiger partial charge in [-0.1, -0.05) is 0 Å². The van der Waals surface area contributed by atoms with E-state index in [1.54, 1.807) is 12.1 Å². The van der Waals surface area contributed by atoms with E-state index >= 15 is 0 Å². The van der Waals surface area contributed by atoms with Gasteiger partial charge in [-0.2, -0.15) is 0 Å². The number of aliphatic hydroxyl groups excluding tert-OH is 2. The van der Waals surface area contributed by atoms with E-state index in [0.717, 1.165) is 0 Å². The largest absolute Gasteiger partial charge is 0.467 e. The summed E-state index contributed by atoms with van der Waals surface area (Å²) in [5, 5.41) is 19.0. The molecule has 0 saturated carbocycles. The fraction of sp³-hybridized carbons (Fsp3) is 0.417. The van der Waals surface area contributed by atoms with Crippen LogP contribution >= 0.6 is 0 Å². The third kappa shape index (κ3) is 3.03. The Bertz CT molecular complexity index is 395. The minimum absolute atomic E-state index is 0.193. The maximum atomic E-state index is 11.4. The molecule has 5 nitrogen and oxygen atoms in total. The number of furan rings is 1. The van der Waals surface area contributed by atoms with E-state index in [2.05, 4.69) is 0 Å².